The SMILES string of the molecule is C=C/C=C\C=N/CN1CCN(c2c(F)cc(N)cc2F)CC1=O. The molecule has 23 heavy (non-hydrogen) atoms. The van der Waals surface area contributed by atoms with E-state index in [2.05, 4.69) is 11.6 Å². The maximum atomic E-state index is 13.9. The lowest BCUT2D eigenvalue weighted by Crippen LogP contribution is -2.50. The van der Waals surface area contributed by atoms with Crippen LogP contribution < -0.4 is 10.6 Å². The molecule has 0 bridgehead atoms. The predicted octanol–water partition coefficient (Wildman–Crippen LogP) is 1.97. The third-order valence-electron chi connectivity index (χ3n) is 3.37. The highest BCUT2D eigenvalue weighted by atomic mass is 19.1. The van der Waals surface area contributed by atoms with Gasteiger partial charge in [0, 0.05) is 25.0 Å². The van der Waals surface area contributed by atoms with E-state index in [4.69, 9.17) is 5.73 Å². The van der Waals surface area contributed by atoms with Crippen molar-refractivity contribution >= 4 is 23.5 Å². The Morgan fingerprint density at radius 3 is 2.57 bits per heavy atom. The molecule has 1 aliphatic rings. The quantitative estimate of drug-likeness (QED) is 0.512. The van der Waals surface area contributed by atoms with E-state index >= 15 is 0 Å². The number of carbonyl (C=O) groups is 1. The van der Waals surface area contributed by atoms with Crippen LogP contribution in [0.4, 0.5) is 20.2 Å². The van der Waals surface area contributed by atoms with Gasteiger partial charge >= 0.3 is 0 Å². The summed E-state index contributed by atoms with van der Waals surface area (Å²) in [6, 6.07) is 2.09. The molecule has 0 spiro atoms. The number of carbonyl (C=O) groups excluding carboxylic acids is 1. The molecule has 2 N–H and O–H groups in total. The number of allylic oxidation sites excluding steroid dienone is 3. The Balaban J connectivity index is 2.02. The molecule has 0 saturated carbocycles. The third kappa shape index (κ3) is 4.15. The maximum absolute atomic E-state index is 13.9. The Kier molecular flexibility index (Phi) is 5.46. The van der Waals surface area contributed by atoms with Crippen LogP contribution in [-0.4, -0.2) is 43.3 Å². The van der Waals surface area contributed by atoms with Gasteiger partial charge in [-0.25, -0.2) is 8.78 Å². The molecule has 1 saturated heterocycles. The molecule has 0 atom stereocenters. The summed E-state index contributed by atoms with van der Waals surface area (Å²) in [5, 5.41) is 0. The summed E-state index contributed by atoms with van der Waals surface area (Å²) in [6.07, 6.45) is 6.61. The van der Waals surface area contributed by atoms with Crippen LogP contribution in [0.15, 0.2) is 41.9 Å². The summed E-state index contributed by atoms with van der Waals surface area (Å²) >= 11 is 0. The van der Waals surface area contributed by atoms with Crippen LogP contribution in [-0.2, 0) is 4.79 Å². The van der Waals surface area contributed by atoms with Gasteiger partial charge in [0.15, 0.2) is 11.6 Å². The second-order valence-electron chi connectivity index (χ2n) is 5.01. The first kappa shape index (κ1) is 16.7. The Morgan fingerprint density at radius 1 is 1.26 bits per heavy atom. The number of nitrogens with two attached hydrogens (primary N) is 1. The summed E-state index contributed by atoms with van der Waals surface area (Å²) in [7, 11) is 0. The van der Waals surface area contributed by atoms with Gasteiger partial charge in [0.1, 0.15) is 12.4 Å². The van der Waals surface area contributed by atoms with Gasteiger partial charge < -0.3 is 15.5 Å². The number of hydrogen-bond donors (Lipinski definition) is 1. The fourth-order valence-corrected chi connectivity index (χ4v) is 2.27. The van der Waals surface area contributed by atoms with Crippen LogP contribution in [0, 0.1) is 11.6 Å². The highest BCUT2D eigenvalue weighted by Crippen LogP contribution is 2.27. The van der Waals surface area contributed by atoms with Gasteiger partial charge in [0.05, 0.1) is 6.54 Å². The van der Waals surface area contributed by atoms with Crippen molar-refractivity contribution in [3.05, 3.63) is 48.6 Å². The summed E-state index contributed by atoms with van der Waals surface area (Å²) in [4.78, 5) is 19.1. The maximum Gasteiger partial charge on any atom is 0.243 e. The number of halogens is 2. The minimum Gasteiger partial charge on any atom is -0.399 e. The van der Waals surface area contributed by atoms with Gasteiger partial charge in [-0.15, -0.1) is 0 Å². The van der Waals surface area contributed by atoms with Crippen LogP contribution >= 0.6 is 0 Å². The van der Waals surface area contributed by atoms with Crippen LogP contribution in [0.3, 0.4) is 0 Å². The number of rotatable bonds is 5. The zero-order chi connectivity index (χ0) is 16.8. The minimum atomic E-state index is -0.767. The minimum absolute atomic E-state index is 0.00984. The Morgan fingerprint density at radius 2 is 1.96 bits per heavy atom. The summed E-state index contributed by atoms with van der Waals surface area (Å²) < 4.78 is 27.8. The van der Waals surface area contributed by atoms with E-state index in [0.29, 0.717) is 13.1 Å². The number of benzene rings is 1. The average Bonchev–Trinajstić information content (AvgIpc) is 2.48. The molecule has 122 valence electrons. The molecule has 0 radical (unpaired) electrons. The number of hydrogen-bond acceptors (Lipinski definition) is 4. The number of nitrogens with zero attached hydrogens (tertiary/aromatic N) is 3. The Bertz CT molecular complexity index is 634. The van der Waals surface area contributed by atoms with Crippen molar-refractivity contribution in [2.24, 2.45) is 4.99 Å². The van der Waals surface area contributed by atoms with E-state index in [9.17, 15) is 13.6 Å². The van der Waals surface area contributed by atoms with E-state index in [1.807, 2.05) is 0 Å². The summed E-state index contributed by atoms with van der Waals surface area (Å²) in [6.45, 7) is 4.30. The second-order valence-corrected chi connectivity index (χ2v) is 5.01. The molecule has 2 rings (SSSR count). The highest BCUT2D eigenvalue weighted by molar-refractivity contribution is 5.83. The number of amides is 1. The number of anilines is 2. The first-order chi connectivity index (χ1) is 11.0. The zero-order valence-electron chi connectivity index (χ0n) is 12.6. The molecule has 0 unspecified atom stereocenters. The third-order valence-corrected chi connectivity index (χ3v) is 3.37. The summed E-state index contributed by atoms with van der Waals surface area (Å²) in [5.41, 5.74) is 5.19. The molecule has 0 aromatic heterocycles. The number of piperazine rings is 1. The fraction of sp³-hybridized carbons (Fsp3) is 0.250. The molecular formula is C16H18F2N4O. The van der Waals surface area contributed by atoms with Crippen molar-refractivity contribution in [2.75, 3.05) is 36.9 Å². The van der Waals surface area contributed by atoms with Gasteiger partial charge in [0.25, 0.3) is 0 Å². The fourth-order valence-electron chi connectivity index (χ4n) is 2.27. The van der Waals surface area contributed by atoms with Crippen LogP contribution in [0.2, 0.25) is 0 Å². The Hall–Kier alpha value is -2.70. The van der Waals surface area contributed by atoms with Gasteiger partial charge in [-0.1, -0.05) is 18.7 Å². The van der Waals surface area contributed by atoms with Crippen LogP contribution in [0.1, 0.15) is 0 Å². The number of nitrogen functional groups attached to an aromatic ring is 1. The van der Waals surface area contributed by atoms with E-state index in [1.165, 1.54) is 9.80 Å². The monoisotopic (exact) mass is 320 g/mol. The molecule has 1 heterocycles. The molecule has 1 aromatic carbocycles. The largest absolute Gasteiger partial charge is 0.399 e. The normalized spacial score (nSPS) is 15.8. The second kappa shape index (κ2) is 7.53. The van der Waals surface area contributed by atoms with Crippen LogP contribution in [0.5, 0.6) is 0 Å². The summed E-state index contributed by atoms with van der Waals surface area (Å²) in [5.74, 6) is -1.77. The van der Waals surface area contributed by atoms with Gasteiger partial charge in [-0.2, -0.15) is 0 Å². The Labute approximate surface area is 133 Å². The molecule has 1 fully saturated rings. The number of aliphatic imine (C=N–C) groups is 1. The zero-order valence-corrected chi connectivity index (χ0v) is 12.6. The highest BCUT2D eigenvalue weighted by Gasteiger charge is 2.27. The lowest BCUT2D eigenvalue weighted by molar-refractivity contribution is -0.130. The first-order valence-corrected chi connectivity index (χ1v) is 7.07. The van der Waals surface area contributed by atoms with E-state index in [-0.39, 0.29) is 30.5 Å². The van der Waals surface area contributed by atoms with E-state index < -0.39 is 11.6 Å². The van der Waals surface area contributed by atoms with Crippen LogP contribution in [0.25, 0.3) is 0 Å². The van der Waals surface area contributed by atoms with Crippen molar-refractivity contribution in [3.8, 4) is 0 Å². The average molecular weight is 320 g/mol. The molecule has 7 heteroatoms. The lowest BCUT2D eigenvalue weighted by atomic mass is 10.2. The predicted molar refractivity (Wildman–Crippen MR) is 87.4 cm³/mol. The van der Waals surface area contributed by atoms with Gasteiger partial charge in [-0.05, 0) is 18.2 Å². The molecule has 1 aromatic rings. The van der Waals surface area contributed by atoms with Crippen molar-refractivity contribution in [3.63, 3.8) is 0 Å². The smallest absolute Gasteiger partial charge is 0.243 e. The van der Waals surface area contributed by atoms with E-state index in [1.54, 1.807) is 24.4 Å². The van der Waals surface area contributed by atoms with Crippen molar-refractivity contribution in [1.29, 1.82) is 0 Å². The van der Waals surface area contributed by atoms with Crippen molar-refractivity contribution < 1.29 is 13.6 Å². The van der Waals surface area contributed by atoms with Gasteiger partial charge in [0.2, 0.25) is 5.91 Å². The van der Waals surface area contributed by atoms with E-state index in [0.717, 1.165) is 12.1 Å². The van der Waals surface area contributed by atoms with Crippen molar-refractivity contribution in [1.82, 2.24) is 4.90 Å². The van der Waals surface area contributed by atoms with Gasteiger partial charge in [-0.3, -0.25) is 9.79 Å². The topological polar surface area (TPSA) is 61.9 Å². The molecular weight excluding hydrogens is 302 g/mol. The molecule has 1 amide bonds. The lowest BCUT2D eigenvalue weighted by Gasteiger charge is -2.35. The molecule has 1 aliphatic heterocycles. The standard InChI is InChI=1S/C16H18F2N4O/c1-2-3-4-5-20-11-22-7-6-21(10-15(22)23)16-13(17)8-12(19)9-14(16)18/h2-5,8-9H,1,6-7,10-11,19H2/b4-3-,20-5-. The van der Waals surface area contributed by atoms with Crippen molar-refractivity contribution in [2.45, 2.75) is 0 Å². The molecule has 0 aliphatic carbocycles. The first-order valence-electron chi connectivity index (χ1n) is 7.07. The molecule has 5 nitrogen and oxygen atoms in total.